The number of piperidine rings is 1. The lowest BCUT2D eigenvalue weighted by molar-refractivity contribution is -0.133. The van der Waals surface area contributed by atoms with E-state index < -0.39 is 0 Å². The van der Waals surface area contributed by atoms with Gasteiger partial charge in [-0.2, -0.15) is 0 Å². The van der Waals surface area contributed by atoms with Gasteiger partial charge in [0, 0.05) is 32.0 Å². The van der Waals surface area contributed by atoms with Crippen molar-refractivity contribution in [3.05, 3.63) is 0 Å². The molecule has 0 radical (unpaired) electrons. The van der Waals surface area contributed by atoms with Crippen LogP contribution in [0.3, 0.4) is 0 Å². The van der Waals surface area contributed by atoms with Crippen molar-refractivity contribution < 1.29 is 14.7 Å². The summed E-state index contributed by atoms with van der Waals surface area (Å²) in [5.41, 5.74) is 0. The van der Waals surface area contributed by atoms with Gasteiger partial charge < -0.3 is 15.3 Å². The molecule has 2 fully saturated rings. The van der Waals surface area contributed by atoms with E-state index in [9.17, 15) is 9.59 Å². The summed E-state index contributed by atoms with van der Waals surface area (Å²) in [5.74, 6) is 0.988. The van der Waals surface area contributed by atoms with Gasteiger partial charge in [-0.25, -0.2) is 0 Å². The molecule has 1 aliphatic carbocycles. The van der Waals surface area contributed by atoms with Crippen LogP contribution in [0.4, 0.5) is 0 Å². The van der Waals surface area contributed by atoms with Crippen molar-refractivity contribution in [2.75, 3.05) is 26.2 Å². The van der Waals surface area contributed by atoms with Crippen LogP contribution in [0, 0.1) is 11.8 Å². The van der Waals surface area contributed by atoms with E-state index in [-0.39, 0.29) is 30.8 Å². The molecule has 5 heteroatoms. The van der Waals surface area contributed by atoms with E-state index in [1.165, 1.54) is 12.8 Å². The Bertz CT molecular complexity index is 332. The van der Waals surface area contributed by atoms with Crippen molar-refractivity contribution in [3.8, 4) is 0 Å². The van der Waals surface area contributed by atoms with Gasteiger partial charge in [0.05, 0.1) is 6.61 Å². The molecule has 114 valence electrons. The van der Waals surface area contributed by atoms with E-state index in [0.717, 1.165) is 45.3 Å². The number of hydrogen-bond acceptors (Lipinski definition) is 3. The van der Waals surface area contributed by atoms with E-state index in [2.05, 4.69) is 5.32 Å². The number of amides is 2. The van der Waals surface area contributed by atoms with Crippen LogP contribution in [-0.2, 0) is 9.59 Å². The molecule has 2 amide bonds. The lowest BCUT2D eigenvalue weighted by Crippen LogP contribution is -2.42. The second-order valence-corrected chi connectivity index (χ2v) is 6.02. The summed E-state index contributed by atoms with van der Waals surface area (Å²) < 4.78 is 0. The highest BCUT2D eigenvalue weighted by Gasteiger charge is 2.25. The van der Waals surface area contributed by atoms with Crippen molar-refractivity contribution in [1.29, 1.82) is 0 Å². The number of nitrogens with one attached hydrogen (secondary N) is 1. The predicted octanol–water partition coefficient (Wildman–Crippen LogP) is 0.914. The fourth-order valence-electron chi connectivity index (χ4n) is 3.22. The largest absolute Gasteiger partial charge is 0.396 e. The van der Waals surface area contributed by atoms with Gasteiger partial charge in [-0.1, -0.05) is 12.8 Å². The minimum absolute atomic E-state index is 0.0425. The predicted molar refractivity (Wildman–Crippen MR) is 76.0 cm³/mol. The molecule has 0 aromatic heterocycles. The molecular weight excluding hydrogens is 256 g/mol. The molecular formula is C15H26N2O3. The summed E-state index contributed by atoms with van der Waals surface area (Å²) in [6.07, 6.45) is 6.57. The molecule has 20 heavy (non-hydrogen) atoms. The van der Waals surface area contributed by atoms with Crippen LogP contribution in [0.5, 0.6) is 0 Å². The molecule has 0 aromatic rings. The maximum Gasteiger partial charge on any atom is 0.224 e. The molecule has 0 atom stereocenters. The van der Waals surface area contributed by atoms with Crippen LogP contribution in [0.25, 0.3) is 0 Å². The summed E-state index contributed by atoms with van der Waals surface area (Å²) in [5, 5.41) is 11.9. The first kappa shape index (κ1) is 15.3. The number of hydrogen-bond donors (Lipinski definition) is 2. The zero-order valence-electron chi connectivity index (χ0n) is 12.1. The standard InChI is InChI=1S/C15H26N2O3/c18-10-7-14(19)17-8-5-12(6-9-17)11-16-15(20)13-3-1-2-4-13/h12-13,18H,1-11H2,(H,16,20). The summed E-state index contributed by atoms with van der Waals surface area (Å²) in [4.78, 5) is 25.4. The third kappa shape index (κ3) is 4.20. The molecule has 1 saturated heterocycles. The number of rotatable bonds is 5. The van der Waals surface area contributed by atoms with Gasteiger partial charge in [0.2, 0.25) is 11.8 Å². The van der Waals surface area contributed by atoms with Crippen LogP contribution in [0.1, 0.15) is 44.9 Å². The first-order valence-corrected chi connectivity index (χ1v) is 7.87. The van der Waals surface area contributed by atoms with Crippen molar-refractivity contribution in [2.45, 2.75) is 44.9 Å². The zero-order chi connectivity index (χ0) is 14.4. The van der Waals surface area contributed by atoms with Crippen LogP contribution < -0.4 is 5.32 Å². The van der Waals surface area contributed by atoms with E-state index in [0.29, 0.717) is 5.92 Å². The van der Waals surface area contributed by atoms with Gasteiger partial charge in [0.25, 0.3) is 0 Å². The fraction of sp³-hybridized carbons (Fsp3) is 0.867. The number of carbonyl (C=O) groups is 2. The summed E-state index contributed by atoms with van der Waals surface area (Å²) in [6.45, 7) is 2.18. The van der Waals surface area contributed by atoms with Gasteiger partial charge in [-0.15, -0.1) is 0 Å². The quantitative estimate of drug-likeness (QED) is 0.787. The monoisotopic (exact) mass is 282 g/mol. The van der Waals surface area contributed by atoms with Gasteiger partial charge in [-0.3, -0.25) is 9.59 Å². The molecule has 1 heterocycles. The van der Waals surface area contributed by atoms with Crippen molar-refractivity contribution in [1.82, 2.24) is 10.2 Å². The molecule has 2 N–H and O–H groups in total. The maximum absolute atomic E-state index is 11.9. The molecule has 0 aromatic carbocycles. The third-order valence-corrected chi connectivity index (χ3v) is 4.58. The Morgan fingerprint density at radius 1 is 1.10 bits per heavy atom. The highest BCUT2D eigenvalue weighted by Crippen LogP contribution is 2.25. The molecule has 0 unspecified atom stereocenters. The average Bonchev–Trinajstić information content (AvgIpc) is 3.00. The summed E-state index contributed by atoms with van der Waals surface area (Å²) in [7, 11) is 0. The van der Waals surface area contributed by atoms with Crippen LogP contribution >= 0.6 is 0 Å². The number of likely N-dealkylation sites (tertiary alicyclic amines) is 1. The van der Waals surface area contributed by atoms with Gasteiger partial charge in [0.1, 0.15) is 0 Å². The fourth-order valence-corrected chi connectivity index (χ4v) is 3.22. The van der Waals surface area contributed by atoms with E-state index in [4.69, 9.17) is 5.11 Å². The smallest absolute Gasteiger partial charge is 0.224 e. The molecule has 5 nitrogen and oxygen atoms in total. The van der Waals surface area contributed by atoms with Crippen molar-refractivity contribution >= 4 is 11.8 Å². The molecule has 2 aliphatic rings. The van der Waals surface area contributed by atoms with Crippen LogP contribution in [0.15, 0.2) is 0 Å². The van der Waals surface area contributed by atoms with Crippen LogP contribution in [0.2, 0.25) is 0 Å². The third-order valence-electron chi connectivity index (χ3n) is 4.58. The second-order valence-electron chi connectivity index (χ2n) is 6.02. The maximum atomic E-state index is 11.9. The topological polar surface area (TPSA) is 69.6 Å². The minimum Gasteiger partial charge on any atom is -0.396 e. The highest BCUT2D eigenvalue weighted by atomic mass is 16.3. The highest BCUT2D eigenvalue weighted by molar-refractivity contribution is 5.78. The minimum atomic E-state index is -0.0732. The Morgan fingerprint density at radius 2 is 1.75 bits per heavy atom. The van der Waals surface area contributed by atoms with Crippen LogP contribution in [-0.4, -0.2) is 48.1 Å². The molecule has 1 saturated carbocycles. The van der Waals surface area contributed by atoms with Gasteiger partial charge in [-0.05, 0) is 31.6 Å². The van der Waals surface area contributed by atoms with E-state index in [1.807, 2.05) is 4.90 Å². The number of nitrogens with zero attached hydrogens (tertiary/aromatic N) is 1. The number of carbonyl (C=O) groups excluding carboxylic acids is 2. The Balaban J connectivity index is 1.64. The number of aliphatic hydroxyl groups is 1. The SMILES string of the molecule is O=C(NCC1CCN(C(=O)CCO)CC1)C1CCCC1. The van der Waals surface area contributed by atoms with Crippen molar-refractivity contribution in [3.63, 3.8) is 0 Å². The molecule has 2 rings (SSSR count). The van der Waals surface area contributed by atoms with E-state index in [1.54, 1.807) is 0 Å². The molecule has 0 spiro atoms. The normalized spacial score (nSPS) is 21.1. The van der Waals surface area contributed by atoms with Crippen molar-refractivity contribution in [2.24, 2.45) is 11.8 Å². The summed E-state index contributed by atoms with van der Waals surface area (Å²) >= 11 is 0. The first-order chi connectivity index (χ1) is 9.70. The van der Waals surface area contributed by atoms with E-state index >= 15 is 0 Å². The lowest BCUT2D eigenvalue weighted by Gasteiger charge is -2.32. The molecule has 1 aliphatic heterocycles. The Kier molecular flexibility index (Phi) is 5.83. The summed E-state index contributed by atoms with van der Waals surface area (Å²) in [6, 6.07) is 0. The Hall–Kier alpha value is -1.10. The second kappa shape index (κ2) is 7.62. The Morgan fingerprint density at radius 3 is 2.35 bits per heavy atom. The zero-order valence-corrected chi connectivity index (χ0v) is 12.1. The van der Waals surface area contributed by atoms with Gasteiger partial charge in [0.15, 0.2) is 0 Å². The molecule has 0 bridgehead atoms. The average molecular weight is 282 g/mol. The van der Waals surface area contributed by atoms with Gasteiger partial charge >= 0.3 is 0 Å². The first-order valence-electron chi connectivity index (χ1n) is 7.87. The Labute approximate surface area is 120 Å². The number of aliphatic hydroxyl groups excluding tert-OH is 1. The lowest BCUT2D eigenvalue weighted by atomic mass is 9.96.